The summed E-state index contributed by atoms with van der Waals surface area (Å²) in [5, 5.41) is 6.22. The van der Waals surface area contributed by atoms with Crippen LogP contribution >= 0.6 is 11.6 Å². The van der Waals surface area contributed by atoms with Crippen molar-refractivity contribution in [1.29, 1.82) is 0 Å². The predicted molar refractivity (Wildman–Crippen MR) is 126 cm³/mol. The normalized spacial score (nSPS) is 19.4. The molecule has 0 aromatic heterocycles. The number of carbonyl (C=O) groups excluding carboxylic acids is 2. The molecule has 1 unspecified atom stereocenters. The number of sulfonamides is 1. The molecule has 0 aliphatic carbocycles. The highest BCUT2D eigenvalue weighted by atomic mass is 35.5. The van der Waals surface area contributed by atoms with Gasteiger partial charge in [-0.2, -0.15) is 4.31 Å². The third-order valence-corrected chi connectivity index (χ3v) is 8.63. The molecule has 0 radical (unpaired) electrons. The van der Waals surface area contributed by atoms with Crippen molar-refractivity contribution in [1.82, 2.24) is 4.31 Å². The molecule has 176 valence electrons. The van der Waals surface area contributed by atoms with Gasteiger partial charge in [-0.15, -0.1) is 0 Å². The van der Waals surface area contributed by atoms with Crippen LogP contribution in [0.3, 0.4) is 0 Å². The van der Waals surface area contributed by atoms with Crippen LogP contribution in [-0.4, -0.2) is 43.7 Å². The van der Waals surface area contributed by atoms with Gasteiger partial charge in [0, 0.05) is 35.8 Å². The predicted octanol–water partition coefficient (Wildman–Crippen LogP) is 3.72. The Hall–Kier alpha value is -2.62. The maximum Gasteiger partial charge on any atom is 0.265 e. The van der Waals surface area contributed by atoms with Gasteiger partial charge >= 0.3 is 0 Å². The van der Waals surface area contributed by atoms with E-state index in [0.29, 0.717) is 40.6 Å². The number of carbonyl (C=O) groups is 2. The van der Waals surface area contributed by atoms with E-state index in [-0.39, 0.29) is 35.7 Å². The molecule has 8 nitrogen and oxygen atoms in total. The minimum Gasteiger partial charge on any atom is -0.479 e. The standard InChI is InChI=1S/C23H26ClN3O5S/c1-13-11-19-20(32-15(3)22(28)26-19)12-21(13)33(30,31)27-9-7-16(8-10-27)23(29)25-18-6-4-5-17(24)14(18)2/h4-6,11-12,15-16H,7-10H2,1-3H3,(H,25,29)(H,26,28). The van der Waals surface area contributed by atoms with E-state index in [0.717, 1.165) is 5.56 Å². The van der Waals surface area contributed by atoms with E-state index in [4.69, 9.17) is 16.3 Å². The third-order valence-electron chi connectivity index (χ3n) is 6.18. The lowest BCUT2D eigenvalue weighted by Gasteiger charge is -2.31. The van der Waals surface area contributed by atoms with Crippen LogP contribution in [0.2, 0.25) is 5.02 Å². The number of rotatable bonds is 4. The minimum absolute atomic E-state index is 0.138. The highest BCUT2D eigenvalue weighted by Crippen LogP contribution is 2.36. The molecule has 2 aromatic rings. The Morgan fingerprint density at radius 3 is 2.61 bits per heavy atom. The molecule has 0 saturated carbocycles. The van der Waals surface area contributed by atoms with Gasteiger partial charge in [-0.25, -0.2) is 8.42 Å². The van der Waals surface area contributed by atoms with Gasteiger partial charge < -0.3 is 15.4 Å². The van der Waals surface area contributed by atoms with Crippen LogP contribution in [0.25, 0.3) is 0 Å². The molecule has 1 fully saturated rings. The lowest BCUT2D eigenvalue weighted by Crippen LogP contribution is -2.41. The van der Waals surface area contributed by atoms with Gasteiger partial charge in [0.15, 0.2) is 6.10 Å². The van der Waals surface area contributed by atoms with Crippen LogP contribution in [-0.2, 0) is 19.6 Å². The van der Waals surface area contributed by atoms with Gasteiger partial charge in [0.2, 0.25) is 15.9 Å². The van der Waals surface area contributed by atoms with Crippen LogP contribution in [0.5, 0.6) is 5.75 Å². The highest BCUT2D eigenvalue weighted by Gasteiger charge is 2.34. The molecule has 0 bridgehead atoms. The summed E-state index contributed by atoms with van der Waals surface area (Å²) >= 11 is 6.13. The second-order valence-electron chi connectivity index (χ2n) is 8.44. The topological polar surface area (TPSA) is 105 Å². The molecule has 1 saturated heterocycles. The summed E-state index contributed by atoms with van der Waals surface area (Å²) in [5.41, 5.74) is 2.43. The number of hydrogen-bond donors (Lipinski definition) is 2. The van der Waals surface area contributed by atoms with Crippen LogP contribution in [0, 0.1) is 19.8 Å². The molecule has 1 atom stereocenters. The quantitative estimate of drug-likeness (QED) is 0.678. The van der Waals surface area contributed by atoms with Crippen molar-refractivity contribution in [3.63, 3.8) is 0 Å². The van der Waals surface area contributed by atoms with Crippen molar-refractivity contribution in [3.8, 4) is 5.75 Å². The molecule has 2 N–H and O–H groups in total. The summed E-state index contributed by atoms with van der Waals surface area (Å²) in [5.74, 6) is -0.373. The number of aryl methyl sites for hydroxylation is 1. The first-order chi connectivity index (χ1) is 15.6. The fourth-order valence-electron chi connectivity index (χ4n) is 4.10. The molecule has 10 heteroatoms. The molecule has 4 rings (SSSR count). The molecule has 33 heavy (non-hydrogen) atoms. The lowest BCUT2D eigenvalue weighted by atomic mass is 9.97. The summed E-state index contributed by atoms with van der Waals surface area (Å²) in [6, 6.07) is 8.41. The van der Waals surface area contributed by atoms with Crippen molar-refractivity contribution in [2.45, 2.75) is 44.6 Å². The first-order valence-corrected chi connectivity index (χ1v) is 12.6. The Bertz CT molecular complexity index is 1220. The zero-order chi connectivity index (χ0) is 23.9. The van der Waals surface area contributed by atoms with Crippen molar-refractivity contribution < 1.29 is 22.7 Å². The molecule has 2 amide bonds. The number of hydrogen-bond acceptors (Lipinski definition) is 5. The largest absolute Gasteiger partial charge is 0.479 e. The molecule has 0 spiro atoms. The van der Waals surface area contributed by atoms with Crippen molar-refractivity contribution >= 4 is 44.8 Å². The number of anilines is 2. The van der Waals surface area contributed by atoms with E-state index in [9.17, 15) is 18.0 Å². The second kappa shape index (κ2) is 8.96. The maximum atomic E-state index is 13.4. The number of nitrogens with one attached hydrogen (secondary N) is 2. The van der Waals surface area contributed by atoms with E-state index in [1.807, 2.05) is 6.92 Å². The monoisotopic (exact) mass is 491 g/mol. The van der Waals surface area contributed by atoms with Gasteiger partial charge in [-0.05, 0) is 62.9 Å². The van der Waals surface area contributed by atoms with Gasteiger partial charge in [0.25, 0.3) is 5.91 Å². The molecule has 2 aromatic carbocycles. The summed E-state index contributed by atoms with van der Waals surface area (Å²) in [6.07, 6.45) is 0.129. The number of piperidine rings is 1. The van der Waals surface area contributed by atoms with E-state index in [1.165, 1.54) is 10.4 Å². The number of ether oxygens (including phenoxy) is 1. The summed E-state index contributed by atoms with van der Waals surface area (Å²) in [4.78, 5) is 24.7. The molecule has 2 aliphatic rings. The van der Waals surface area contributed by atoms with Crippen molar-refractivity contribution in [3.05, 3.63) is 46.5 Å². The molecular formula is C23H26ClN3O5S. The molecule has 2 heterocycles. The smallest absolute Gasteiger partial charge is 0.265 e. The Morgan fingerprint density at radius 2 is 1.91 bits per heavy atom. The van der Waals surface area contributed by atoms with Crippen LogP contribution < -0.4 is 15.4 Å². The van der Waals surface area contributed by atoms with Crippen LogP contribution in [0.4, 0.5) is 11.4 Å². The van der Waals surface area contributed by atoms with E-state index in [2.05, 4.69) is 10.6 Å². The lowest BCUT2D eigenvalue weighted by molar-refractivity contribution is -0.123. The summed E-state index contributed by atoms with van der Waals surface area (Å²) in [7, 11) is -3.79. The van der Waals surface area contributed by atoms with Crippen molar-refractivity contribution in [2.75, 3.05) is 23.7 Å². The minimum atomic E-state index is -3.79. The molecule has 2 aliphatic heterocycles. The van der Waals surface area contributed by atoms with E-state index < -0.39 is 16.1 Å². The van der Waals surface area contributed by atoms with Crippen LogP contribution in [0.1, 0.15) is 30.9 Å². The van der Waals surface area contributed by atoms with E-state index >= 15 is 0 Å². The summed E-state index contributed by atoms with van der Waals surface area (Å²) < 4.78 is 33.7. The first-order valence-electron chi connectivity index (χ1n) is 10.8. The maximum absolute atomic E-state index is 13.4. The third kappa shape index (κ3) is 4.58. The van der Waals surface area contributed by atoms with Gasteiger partial charge in [0.1, 0.15) is 5.75 Å². The fourth-order valence-corrected chi connectivity index (χ4v) is 5.96. The van der Waals surface area contributed by atoms with E-state index in [1.54, 1.807) is 38.1 Å². The Kier molecular flexibility index (Phi) is 6.39. The second-order valence-corrected chi connectivity index (χ2v) is 10.8. The Morgan fingerprint density at radius 1 is 1.21 bits per heavy atom. The van der Waals surface area contributed by atoms with Crippen LogP contribution in [0.15, 0.2) is 35.2 Å². The average molecular weight is 492 g/mol. The SMILES string of the molecule is Cc1cc2c(cc1S(=O)(=O)N1CCC(C(=O)Nc3cccc(Cl)c3C)CC1)OC(C)C(=O)N2. The number of benzene rings is 2. The zero-order valence-corrected chi connectivity index (χ0v) is 20.2. The highest BCUT2D eigenvalue weighted by molar-refractivity contribution is 7.89. The fraction of sp³-hybridized carbons (Fsp3) is 0.391. The number of fused-ring (bicyclic) bond motifs is 1. The number of nitrogens with zero attached hydrogens (tertiary/aromatic N) is 1. The van der Waals surface area contributed by atoms with Crippen molar-refractivity contribution in [2.24, 2.45) is 5.92 Å². The summed E-state index contributed by atoms with van der Waals surface area (Å²) in [6.45, 7) is 5.60. The Balaban J connectivity index is 1.46. The van der Waals surface area contributed by atoms with Gasteiger partial charge in [-0.1, -0.05) is 17.7 Å². The average Bonchev–Trinajstić information content (AvgIpc) is 2.77. The van der Waals surface area contributed by atoms with Gasteiger partial charge in [-0.3, -0.25) is 9.59 Å². The molecular weight excluding hydrogens is 466 g/mol. The first kappa shape index (κ1) is 23.5. The zero-order valence-electron chi connectivity index (χ0n) is 18.6. The number of amides is 2. The Labute approximate surface area is 198 Å². The van der Waals surface area contributed by atoms with Gasteiger partial charge in [0.05, 0.1) is 10.6 Å². The number of halogens is 1.